The summed E-state index contributed by atoms with van der Waals surface area (Å²) >= 11 is 61.7. The van der Waals surface area contributed by atoms with Gasteiger partial charge in [0.05, 0.1) is 60.8 Å². The Bertz CT molecular complexity index is 1220. The molecule has 14 heteroatoms. The Kier molecular flexibility index (Phi) is 7.93. The van der Waals surface area contributed by atoms with Gasteiger partial charge >= 0.3 is 0 Å². The molecule has 0 amide bonds. The lowest BCUT2D eigenvalue weighted by Crippen LogP contribution is -1.99. The van der Waals surface area contributed by atoms with Gasteiger partial charge in [-0.2, -0.15) is 0 Å². The first-order valence-electron chi connectivity index (χ1n) is 7.59. The Morgan fingerprint density at radius 2 is 0.935 bits per heavy atom. The molecule has 0 saturated heterocycles. The van der Waals surface area contributed by atoms with Crippen LogP contribution in [0.3, 0.4) is 0 Å². The average Bonchev–Trinajstić information content (AvgIpc) is 2.73. The van der Waals surface area contributed by atoms with Crippen molar-refractivity contribution in [2.24, 2.45) is 0 Å². The fourth-order valence-corrected chi connectivity index (χ4v) is 5.21. The van der Waals surface area contributed by atoms with Crippen molar-refractivity contribution in [1.29, 1.82) is 0 Å². The Labute approximate surface area is 224 Å². The number of nitrogens with zero attached hydrogens (tertiary/aromatic N) is 2. The molecule has 3 rings (SSSR count). The van der Waals surface area contributed by atoms with Gasteiger partial charge in [0.1, 0.15) is 0 Å². The summed E-state index contributed by atoms with van der Waals surface area (Å²) < 4.78 is 0. The van der Waals surface area contributed by atoms with Gasteiger partial charge in [-0.05, 0) is 6.07 Å². The highest BCUT2D eigenvalue weighted by atomic mass is 35.5. The van der Waals surface area contributed by atoms with Crippen molar-refractivity contribution in [3.8, 4) is 22.5 Å². The summed E-state index contributed by atoms with van der Waals surface area (Å²) in [6, 6.07) is 2.43. The van der Waals surface area contributed by atoms with Crippen molar-refractivity contribution in [3.05, 3.63) is 72.5 Å². The lowest BCUT2D eigenvalue weighted by molar-refractivity contribution is -0.384. The van der Waals surface area contributed by atoms with E-state index in [2.05, 4.69) is 4.98 Å². The quantitative estimate of drug-likeness (QED) is 0.127. The third-order valence-electron chi connectivity index (χ3n) is 3.98. The number of nitro groups is 1. The van der Waals surface area contributed by atoms with Gasteiger partial charge in [0, 0.05) is 17.2 Å². The molecule has 0 aliphatic carbocycles. The van der Waals surface area contributed by atoms with Gasteiger partial charge in [0.15, 0.2) is 5.69 Å². The maximum absolute atomic E-state index is 11.7. The van der Waals surface area contributed by atoms with Crippen molar-refractivity contribution in [2.75, 3.05) is 0 Å². The van der Waals surface area contributed by atoms with Crippen LogP contribution >= 0.6 is 116 Å². The van der Waals surface area contributed by atoms with E-state index < -0.39 is 10.6 Å². The molecule has 4 nitrogen and oxygen atoms in total. The van der Waals surface area contributed by atoms with Crippen LogP contribution in [0, 0.1) is 10.1 Å². The van der Waals surface area contributed by atoms with E-state index >= 15 is 0 Å². The SMILES string of the molecule is O=[N+]([O-])c1ccc(-c2c(Cl)c(Cl)c(Cl)c(Cl)c2Cl)nc1-c1c(Cl)c(Cl)c(Cl)c(Cl)c1Cl. The van der Waals surface area contributed by atoms with Crippen LogP contribution < -0.4 is 0 Å². The summed E-state index contributed by atoms with van der Waals surface area (Å²) in [5.74, 6) is 0. The first-order valence-corrected chi connectivity index (χ1v) is 11.4. The van der Waals surface area contributed by atoms with Gasteiger partial charge in [0.2, 0.25) is 0 Å². The molecule has 0 spiro atoms. The molecule has 0 N–H and O–H groups in total. The molecule has 0 aliphatic heterocycles. The minimum Gasteiger partial charge on any atom is -0.258 e. The fraction of sp³-hybridized carbons (Fsp3) is 0. The Balaban J connectivity index is 2.45. The second-order valence-electron chi connectivity index (χ2n) is 5.71. The summed E-state index contributed by atoms with van der Waals surface area (Å²) in [6.07, 6.45) is 0. The lowest BCUT2D eigenvalue weighted by atomic mass is 10.1. The molecule has 2 aromatic carbocycles. The maximum Gasteiger partial charge on any atom is 0.295 e. The Hall–Kier alpha value is -0.110. The predicted molar refractivity (Wildman–Crippen MR) is 132 cm³/mol. The number of pyridine rings is 1. The molecule has 0 fully saturated rings. The van der Waals surface area contributed by atoms with Crippen LogP contribution in [0.1, 0.15) is 0 Å². The lowest BCUT2D eigenvalue weighted by Gasteiger charge is -2.15. The summed E-state index contributed by atoms with van der Waals surface area (Å²) in [5.41, 5.74) is -0.704. The molecule has 31 heavy (non-hydrogen) atoms. The number of aromatic nitrogens is 1. The molecule has 162 valence electrons. The largest absolute Gasteiger partial charge is 0.295 e. The van der Waals surface area contributed by atoms with Gasteiger partial charge in [0.25, 0.3) is 5.69 Å². The van der Waals surface area contributed by atoms with Crippen molar-refractivity contribution in [3.63, 3.8) is 0 Å². The first kappa shape index (κ1) is 25.5. The zero-order chi connectivity index (χ0) is 23.4. The summed E-state index contributed by atoms with van der Waals surface area (Å²) in [7, 11) is 0. The standard InChI is InChI=1S/C17H2Cl10N2O2/c18-7-5(8(19)12(23)15(26)11(7)22)3-1-2-4(29(30)31)17(28-3)6-9(20)13(24)16(27)14(25)10(6)21/h1-2H. The van der Waals surface area contributed by atoms with Crippen LogP contribution in [-0.2, 0) is 0 Å². The highest BCUT2D eigenvalue weighted by Gasteiger charge is 2.29. The van der Waals surface area contributed by atoms with Crippen molar-refractivity contribution < 1.29 is 4.92 Å². The van der Waals surface area contributed by atoms with E-state index in [1.54, 1.807) is 0 Å². The summed E-state index contributed by atoms with van der Waals surface area (Å²) in [4.78, 5) is 15.3. The van der Waals surface area contributed by atoms with E-state index in [0.717, 1.165) is 6.07 Å². The van der Waals surface area contributed by atoms with Crippen LogP contribution in [0.25, 0.3) is 22.5 Å². The highest BCUT2D eigenvalue weighted by molar-refractivity contribution is 6.57. The van der Waals surface area contributed by atoms with Crippen LogP contribution in [0.2, 0.25) is 50.2 Å². The number of hydrogen-bond acceptors (Lipinski definition) is 3. The van der Waals surface area contributed by atoms with Gasteiger partial charge in [-0.1, -0.05) is 116 Å². The van der Waals surface area contributed by atoms with Gasteiger partial charge < -0.3 is 0 Å². The fourth-order valence-electron chi connectivity index (χ4n) is 2.56. The third-order valence-corrected chi connectivity index (χ3v) is 8.54. The monoisotopic (exact) mass is 616 g/mol. The summed E-state index contributed by atoms with van der Waals surface area (Å²) in [5, 5.41) is 10.5. The minimum absolute atomic E-state index is 0.0606. The molecular weight excluding hydrogens is 619 g/mol. The number of halogens is 10. The molecule has 1 heterocycles. The molecule has 1 aromatic heterocycles. The third kappa shape index (κ3) is 4.38. The molecule has 0 radical (unpaired) electrons. The average molecular weight is 621 g/mol. The molecule has 0 unspecified atom stereocenters. The second kappa shape index (κ2) is 9.63. The van der Waals surface area contributed by atoms with Gasteiger partial charge in [-0.25, -0.2) is 4.98 Å². The van der Waals surface area contributed by atoms with Crippen LogP contribution in [-0.4, -0.2) is 9.91 Å². The predicted octanol–water partition coefficient (Wildman–Crippen LogP) is 10.9. The van der Waals surface area contributed by atoms with E-state index in [1.807, 2.05) is 0 Å². The molecule has 0 saturated carbocycles. The highest BCUT2D eigenvalue weighted by Crippen LogP contribution is 2.51. The van der Waals surface area contributed by atoms with Crippen molar-refractivity contribution in [1.82, 2.24) is 4.98 Å². The van der Waals surface area contributed by atoms with Gasteiger partial charge in [-0.3, -0.25) is 10.1 Å². The minimum atomic E-state index is -0.694. The smallest absolute Gasteiger partial charge is 0.258 e. The molecule has 0 atom stereocenters. The number of benzene rings is 2. The molecule has 3 aromatic rings. The van der Waals surface area contributed by atoms with Crippen LogP contribution in [0.4, 0.5) is 5.69 Å². The van der Waals surface area contributed by atoms with Crippen molar-refractivity contribution >= 4 is 122 Å². The zero-order valence-electron chi connectivity index (χ0n) is 14.1. The second-order valence-corrected chi connectivity index (χ2v) is 9.49. The first-order chi connectivity index (χ1) is 14.4. The van der Waals surface area contributed by atoms with Crippen molar-refractivity contribution in [2.45, 2.75) is 0 Å². The van der Waals surface area contributed by atoms with Gasteiger partial charge in [-0.15, -0.1) is 0 Å². The molecular formula is C17H2Cl10N2O2. The number of rotatable bonds is 3. The molecule has 0 aliphatic rings. The zero-order valence-corrected chi connectivity index (χ0v) is 21.7. The van der Waals surface area contributed by atoms with E-state index in [-0.39, 0.29) is 72.7 Å². The molecule has 0 bridgehead atoms. The van der Waals surface area contributed by atoms with E-state index in [0.29, 0.717) is 0 Å². The van der Waals surface area contributed by atoms with E-state index in [4.69, 9.17) is 116 Å². The van der Waals surface area contributed by atoms with E-state index in [9.17, 15) is 10.1 Å². The Morgan fingerprint density at radius 3 is 1.32 bits per heavy atom. The normalized spacial score (nSPS) is 11.2. The maximum atomic E-state index is 11.7. The van der Waals surface area contributed by atoms with Crippen LogP contribution in [0.15, 0.2) is 12.1 Å². The number of hydrogen-bond donors (Lipinski definition) is 0. The summed E-state index contributed by atoms with van der Waals surface area (Å²) in [6.45, 7) is 0. The topological polar surface area (TPSA) is 56.0 Å². The van der Waals surface area contributed by atoms with Crippen LogP contribution in [0.5, 0.6) is 0 Å². The Morgan fingerprint density at radius 1 is 0.581 bits per heavy atom. The van der Waals surface area contributed by atoms with E-state index in [1.165, 1.54) is 6.07 Å².